The maximum absolute atomic E-state index is 11.2. The van der Waals surface area contributed by atoms with Crippen LogP contribution in [-0.4, -0.2) is 33.1 Å². The van der Waals surface area contributed by atoms with Gasteiger partial charge in [0.2, 0.25) is 0 Å². The quantitative estimate of drug-likeness (QED) is 0.603. The molecule has 0 bridgehead atoms. The van der Waals surface area contributed by atoms with E-state index in [0.717, 1.165) is 11.8 Å². The Bertz CT molecular complexity index is 492. The lowest BCUT2D eigenvalue weighted by molar-refractivity contribution is -0.135. The van der Waals surface area contributed by atoms with Gasteiger partial charge in [-0.1, -0.05) is 0 Å². The molecule has 1 rings (SSSR count). The van der Waals surface area contributed by atoms with Crippen LogP contribution in [0.5, 0.6) is 0 Å². The molecular weight excluding hydrogens is 246 g/mol. The van der Waals surface area contributed by atoms with Crippen LogP contribution in [0.15, 0.2) is 36.0 Å². The summed E-state index contributed by atoms with van der Waals surface area (Å²) in [5, 5.41) is 2.78. The third-order valence-corrected chi connectivity index (χ3v) is 2.39. The molecule has 0 aliphatic carbocycles. The van der Waals surface area contributed by atoms with Gasteiger partial charge in [0.05, 0.1) is 13.2 Å². The average molecular weight is 263 g/mol. The van der Waals surface area contributed by atoms with E-state index in [9.17, 15) is 9.59 Å². The Morgan fingerprint density at radius 3 is 2.26 bits per heavy atom. The second kappa shape index (κ2) is 6.44. The molecule has 6 heteroatoms. The lowest BCUT2D eigenvalue weighted by Crippen LogP contribution is -2.21. The van der Waals surface area contributed by atoms with Crippen molar-refractivity contribution in [2.45, 2.75) is 0 Å². The Morgan fingerprint density at radius 1 is 1.26 bits per heavy atom. The number of methoxy groups -OCH3 is 1. The third-order valence-electron chi connectivity index (χ3n) is 2.39. The highest BCUT2D eigenvalue weighted by molar-refractivity contribution is 6.00. The lowest BCUT2D eigenvalue weighted by Gasteiger charge is -2.13. The van der Waals surface area contributed by atoms with Crippen molar-refractivity contribution in [3.8, 4) is 0 Å². The van der Waals surface area contributed by atoms with E-state index in [1.807, 2.05) is 31.1 Å². The van der Waals surface area contributed by atoms with Gasteiger partial charge in [0, 0.05) is 25.5 Å². The van der Waals surface area contributed by atoms with Gasteiger partial charge >= 0.3 is 5.97 Å². The number of esters is 1. The van der Waals surface area contributed by atoms with Crippen molar-refractivity contribution in [2.24, 2.45) is 5.73 Å². The summed E-state index contributed by atoms with van der Waals surface area (Å²) in [5.74, 6) is -1.38. The molecule has 0 saturated carbocycles. The van der Waals surface area contributed by atoms with E-state index in [4.69, 9.17) is 5.73 Å². The first-order valence-corrected chi connectivity index (χ1v) is 5.58. The molecule has 0 aliphatic heterocycles. The second-order valence-electron chi connectivity index (χ2n) is 4.01. The number of nitrogens with zero attached hydrogens (tertiary/aromatic N) is 1. The zero-order valence-electron chi connectivity index (χ0n) is 11.1. The standard InChI is InChI=1S/C13H17N3O3/c1-16(2)10-6-4-9(5-7-10)15-11(13(14)18)8-12(17)19-3/h4-8,15H,1-3H3,(H2,14,18)/b11-8-. The van der Waals surface area contributed by atoms with Crippen molar-refractivity contribution in [1.82, 2.24) is 0 Å². The highest BCUT2D eigenvalue weighted by atomic mass is 16.5. The number of amides is 1. The Labute approximate surface area is 111 Å². The normalized spacial score (nSPS) is 10.8. The minimum atomic E-state index is -0.734. The van der Waals surface area contributed by atoms with Crippen LogP contribution in [0.3, 0.4) is 0 Å². The van der Waals surface area contributed by atoms with Crippen molar-refractivity contribution in [3.05, 3.63) is 36.0 Å². The number of ether oxygens (including phenoxy) is 1. The van der Waals surface area contributed by atoms with Crippen LogP contribution in [0.1, 0.15) is 0 Å². The molecule has 0 fully saturated rings. The van der Waals surface area contributed by atoms with E-state index in [2.05, 4.69) is 10.1 Å². The van der Waals surface area contributed by atoms with E-state index in [0.29, 0.717) is 5.69 Å². The molecule has 102 valence electrons. The summed E-state index contributed by atoms with van der Waals surface area (Å²) in [7, 11) is 5.08. The zero-order chi connectivity index (χ0) is 14.4. The van der Waals surface area contributed by atoms with Crippen molar-refractivity contribution < 1.29 is 14.3 Å². The number of benzene rings is 1. The Morgan fingerprint density at radius 2 is 1.84 bits per heavy atom. The van der Waals surface area contributed by atoms with Gasteiger partial charge in [0.15, 0.2) is 0 Å². The number of hydrogen-bond donors (Lipinski definition) is 2. The molecule has 0 saturated heterocycles. The molecule has 0 heterocycles. The minimum absolute atomic E-state index is 0.0237. The highest BCUT2D eigenvalue weighted by Gasteiger charge is 2.08. The van der Waals surface area contributed by atoms with Gasteiger partial charge in [-0.3, -0.25) is 4.79 Å². The van der Waals surface area contributed by atoms with E-state index in [-0.39, 0.29) is 5.70 Å². The number of carbonyl (C=O) groups is 2. The van der Waals surface area contributed by atoms with Crippen molar-refractivity contribution in [1.29, 1.82) is 0 Å². The molecule has 1 aromatic carbocycles. The number of nitrogens with two attached hydrogens (primary N) is 1. The summed E-state index contributed by atoms with van der Waals surface area (Å²) >= 11 is 0. The van der Waals surface area contributed by atoms with Crippen LogP contribution in [0.4, 0.5) is 11.4 Å². The first kappa shape index (κ1) is 14.6. The van der Waals surface area contributed by atoms with Crippen LogP contribution >= 0.6 is 0 Å². The van der Waals surface area contributed by atoms with Crippen LogP contribution < -0.4 is 16.0 Å². The van der Waals surface area contributed by atoms with Crippen LogP contribution in [0.2, 0.25) is 0 Å². The van der Waals surface area contributed by atoms with E-state index < -0.39 is 11.9 Å². The fourth-order valence-corrected chi connectivity index (χ4v) is 1.34. The molecule has 1 aromatic rings. The average Bonchev–Trinajstić information content (AvgIpc) is 2.38. The number of carbonyl (C=O) groups excluding carboxylic acids is 2. The van der Waals surface area contributed by atoms with Crippen molar-refractivity contribution in [3.63, 3.8) is 0 Å². The number of nitrogens with one attached hydrogen (secondary N) is 1. The monoisotopic (exact) mass is 263 g/mol. The van der Waals surface area contributed by atoms with E-state index in [1.54, 1.807) is 12.1 Å². The molecule has 1 amide bonds. The number of hydrogen-bond acceptors (Lipinski definition) is 5. The predicted molar refractivity (Wildman–Crippen MR) is 73.7 cm³/mol. The first-order valence-electron chi connectivity index (χ1n) is 5.58. The Balaban J connectivity index is 2.88. The minimum Gasteiger partial charge on any atom is -0.466 e. The van der Waals surface area contributed by atoms with E-state index in [1.165, 1.54) is 7.11 Å². The fourth-order valence-electron chi connectivity index (χ4n) is 1.34. The number of primary amides is 1. The molecule has 3 N–H and O–H groups in total. The maximum atomic E-state index is 11.2. The SMILES string of the molecule is COC(=O)/C=C(\Nc1ccc(N(C)C)cc1)C(N)=O. The van der Waals surface area contributed by atoms with Gasteiger partial charge in [-0.25, -0.2) is 4.79 Å². The summed E-state index contributed by atoms with van der Waals surface area (Å²) in [5.41, 5.74) is 6.83. The van der Waals surface area contributed by atoms with E-state index >= 15 is 0 Å². The molecule has 0 atom stereocenters. The smallest absolute Gasteiger partial charge is 0.332 e. The predicted octanol–water partition coefficient (Wildman–Crippen LogP) is 0.707. The molecule has 0 spiro atoms. The zero-order valence-corrected chi connectivity index (χ0v) is 11.1. The first-order chi connectivity index (χ1) is 8.93. The largest absolute Gasteiger partial charge is 0.466 e. The summed E-state index contributed by atoms with van der Waals surface area (Å²) in [6.45, 7) is 0. The molecule has 19 heavy (non-hydrogen) atoms. The van der Waals surface area contributed by atoms with Gasteiger partial charge in [-0.2, -0.15) is 0 Å². The topological polar surface area (TPSA) is 84.7 Å². The lowest BCUT2D eigenvalue weighted by atomic mass is 10.2. The van der Waals surface area contributed by atoms with Gasteiger partial charge in [-0.15, -0.1) is 0 Å². The summed E-state index contributed by atoms with van der Waals surface area (Å²) < 4.78 is 4.45. The van der Waals surface area contributed by atoms with Crippen LogP contribution in [-0.2, 0) is 14.3 Å². The summed E-state index contributed by atoms with van der Waals surface area (Å²) in [6.07, 6.45) is 1.02. The molecule has 0 aliphatic rings. The maximum Gasteiger partial charge on any atom is 0.332 e. The number of anilines is 2. The van der Waals surface area contributed by atoms with Crippen LogP contribution in [0, 0.1) is 0 Å². The molecule has 6 nitrogen and oxygen atoms in total. The second-order valence-corrected chi connectivity index (χ2v) is 4.01. The van der Waals surface area contributed by atoms with Crippen molar-refractivity contribution in [2.75, 3.05) is 31.4 Å². The summed E-state index contributed by atoms with van der Waals surface area (Å²) in [4.78, 5) is 24.3. The summed E-state index contributed by atoms with van der Waals surface area (Å²) in [6, 6.07) is 7.31. The number of rotatable bonds is 5. The fraction of sp³-hybridized carbons (Fsp3) is 0.231. The van der Waals surface area contributed by atoms with Gasteiger partial charge in [0.1, 0.15) is 5.70 Å². The van der Waals surface area contributed by atoms with Gasteiger partial charge < -0.3 is 20.7 Å². The Kier molecular flexibility index (Phi) is 4.93. The molecule has 0 radical (unpaired) electrons. The Hall–Kier alpha value is -2.50. The molecule has 0 aromatic heterocycles. The molecular formula is C13H17N3O3. The van der Waals surface area contributed by atoms with Gasteiger partial charge in [0.25, 0.3) is 5.91 Å². The third kappa shape index (κ3) is 4.34. The van der Waals surface area contributed by atoms with Gasteiger partial charge in [-0.05, 0) is 24.3 Å². The molecule has 0 unspecified atom stereocenters. The highest BCUT2D eigenvalue weighted by Crippen LogP contribution is 2.17. The van der Waals surface area contributed by atoms with Crippen LogP contribution in [0.25, 0.3) is 0 Å². The van der Waals surface area contributed by atoms with Crippen molar-refractivity contribution >= 4 is 23.3 Å².